The quantitative estimate of drug-likeness (QED) is 0.723. The van der Waals surface area contributed by atoms with Crippen LogP contribution in [0.4, 0.5) is 0 Å². The molecule has 0 aromatic carbocycles. The number of nitriles is 1. The minimum absolute atomic E-state index is 0.148. The van der Waals surface area contributed by atoms with E-state index < -0.39 is 0 Å². The molecule has 16 heavy (non-hydrogen) atoms. The van der Waals surface area contributed by atoms with Crippen LogP contribution in [0.25, 0.3) is 0 Å². The van der Waals surface area contributed by atoms with Crippen molar-refractivity contribution < 1.29 is 0 Å². The van der Waals surface area contributed by atoms with Crippen LogP contribution in [0.1, 0.15) is 58.8 Å². The molecule has 0 radical (unpaired) electrons. The first-order chi connectivity index (χ1) is 7.76. The van der Waals surface area contributed by atoms with Gasteiger partial charge in [-0.15, -0.1) is 0 Å². The zero-order chi connectivity index (χ0) is 11.8. The van der Waals surface area contributed by atoms with Crippen molar-refractivity contribution in [3.63, 3.8) is 0 Å². The molecular formula is C14H26N2. The summed E-state index contributed by atoms with van der Waals surface area (Å²) < 4.78 is 0. The second-order valence-electron chi connectivity index (χ2n) is 5.30. The fraction of sp³-hybridized carbons (Fsp3) is 0.929. The van der Waals surface area contributed by atoms with E-state index in [0.29, 0.717) is 6.04 Å². The largest absolute Gasteiger partial charge is 0.313 e. The Morgan fingerprint density at radius 1 is 1.31 bits per heavy atom. The zero-order valence-corrected chi connectivity index (χ0v) is 10.8. The van der Waals surface area contributed by atoms with E-state index in [1.807, 2.05) is 6.92 Å². The maximum absolute atomic E-state index is 8.74. The van der Waals surface area contributed by atoms with Gasteiger partial charge < -0.3 is 5.32 Å². The van der Waals surface area contributed by atoms with Crippen molar-refractivity contribution in [3.8, 4) is 6.07 Å². The molecule has 0 aromatic heterocycles. The first-order valence-electron chi connectivity index (χ1n) is 6.89. The third-order valence-electron chi connectivity index (χ3n) is 3.72. The fourth-order valence-corrected chi connectivity index (χ4v) is 2.67. The molecule has 3 unspecified atom stereocenters. The lowest BCUT2D eigenvalue weighted by atomic mass is 9.95. The summed E-state index contributed by atoms with van der Waals surface area (Å²) in [7, 11) is 0. The predicted octanol–water partition coefficient (Wildman–Crippen LogP) is 3.48. The summed E-state index contributed by atoms with van der Waals surface area (Å²) in [6.45, 7) is 5.14. The van der Waals surface area contributed by atoms with Crippen molar-refractivity contribution in [1.29, 1.82) is 5.26 Å². The molecule has 1 saturated carbocycles. The molecule has 1 fully saturated rings. The fourth-order valence-electron chi connectivity index (χ4n) is 2.67. The minimum atomic E-state index is 0.148. The summed E-state index contributed by atoms with van der Waals surface area (Å²) in [4.78, 5) is 0. The van der Waals surface area contributed by atoms with Crippen molar-refractivity contribution in [1.82, 2.24) is 5.32 Å². The molecule has 2 nitrogen and oxygen atoms in total. The summed E-state index contributed by atoms with van der Waals surface area (Å²) in [5.74, 6) is 1.11. The van der Waals surface area contributed by atoms with Gasteiger partial charge in [-0.3, -0.25) is 0 Å². The normalized spacial score (nSPS) is 28.1. The van der Waals surface area contributed by atoms with Gasteiger partial charge in [-0.2, -0.15) is 5.26 Å². The second kappa shape index (κ2) is 7.68. The first-order valence-corrected chi connectivity index (χ1v) is 6.89. The molecule has 0 spiro atoms. The molecule has 0 bridgehead atoms. The highest BCUT2D eigenvalue weighted by atomic mass is 14.9. The monoisotopic (exact) mass is 222 g/mol. The second-order valence-corrected chi connectivity index (χ2v) is 5.30. The van der Waals surface area contributed by atoms with Crippen molar-refractivity contribution in [3.05, 3.63) is 0 Å². The lowest BCUT2D eigenvalue weighted by molar-refractivity contribution is 0.405. The summed E-state index contributed by atoms with van der Waals surface area (Å²) in [5, 5.41) is 12.3. The molecule has 0 aromatic rings. The Kier molecular flexibility index (Phi) is 6.49. The summed E-state index contributed by atoms with van der Waals surface area (Å²) in [5.41, 5.74) is 0. The SMILES string of the molecule is CCCC1CCCC(NCC(C)C#N)CC1. The smallest absolute Gasteiger partial charge is 0.0666 e. The van der Waals surface area contributed by atoms with E-state index in [1.165, 1.54) is 44.9 Å². The van der Waals surface area contributed by atoms with Gasteiger partial charge in [0.1, 0.15) is 0 Å². The number of rotatable bonds is 5. The molecule has 3 atom stereocenters. The lowest BCUT2D eigenvalue weighted by Crippen LogP contribution is -2.32. The Hall–Kier alpha value is -0.550. The van der Waals surface area contributed by atoms with Gasteiger partial charge in [0.15, 0.2) is 0 Å². The third-order valence-corrected chi connectivity index (χ3v) is 3.72. The van der Waals surface area contributed by atoms with Crippen molar-refractivity contribution in [2.24, 2.45) is 11.8 Å². The topological polar surface area (TPSA) is 35.8 Å². The summed E-state index contributed by atoms with van der Waals surface area (Å²) in [6, 6.07) is 2.95. The molecule has 0 saturated heterocycles. The molecule has 92 valence electrons. The molecule has 0 amide bonds. The Morgan fingerprint density at radius 3 is 2.81 bits per heavy atom. The Bertz CT molecular complexity index is 219. The highest BCUT2D eigenvalue weighted by Gasteiger charge is 2.18. The van der Waals surface area contributed by atoms with E-state index in [9.17, 15) is 0 Å². The van der Waals surface area contributed by atoms with E-state index in [2.05, 4.69) is 18.3 Å². The van der Waals surface area contributed by atoms with E-state index in [0.717, 1.165) is 12.5 Å². The standard InChI is InChI=1S/C14H26N2/c1-3-5-13-6-4-7-14(9-8-13)16-11-12(2)10-15/h12-14,16H,3-9,11H2,1-2H3. The minimum Gasteiger partial charge on any atom is -0.313 e. The van der Waals surface area contributed by atoms with Crippen molar-refractivity contribution in [2.75, 3.05) is 6.54 Å². The number of hydrogen-bond acceptors (Lipinski definition) is 2. The average molecular weight is 222 g/mol. The summed E-state index contributed by atoms with van der Waals surface area (Å²) in [6.07, 6.45) is 9.51. The molecule has 0 heterocycles. The van der Waals surface area contributed by atoms with Gasteiger partial charge in [-0.05, 0) is 32.1 Å². The van der Waals surface area contributed by atoms with Crippen LogP contribution in [-0.4, -0.2) is 12.6 Å². The van der Waals surface area contributed by atoms with Gasteiger partial charge in [0.25, 0.3) is 0 Å². The molecule has 1 N–H and O–H groups in total. The van der Waals surface area contributed by atoms with Gasteiger partial charge >= 0.3 is 0 Å². The maximum Gasteiger partial charge on any atom is 0.0666 e. The van der Waals surface area contributed by atoms with Gasteiger partial charge in [0.05, 0.1) is 12.0 Å². The van der Waals surface area contributed by atoms with E-state index in [4.69, 9.17) is 5.26 Å². The van der Waals surface area contributed by atoms with Crippen LogP contribution in [0.3, 0.4) is 0 Å². The highest BCUT2D eigenvalue weighted by molar-refractivity contribution is 4.83. The third kappa shape index (κ3) is 4.99. The molecule has 1 aliphatic carbocycles. The Labute approximate surface area is 100 Å². The van der Waals surface area contributed by atoms with Crippen LogP contribution in [0.2, 0.25) is 0 Å². The number of nitrogens with one attached hydrogen (secondary N) is 1. The van der Waals surface area contributed by atoms with E-state index in [1.54, 1.807) is 0 Å². The molecule has 1 aliphatic rings. The Balaban J connectivity index is 2.22. The summed E-state index contributed by atoms with van der Waals surface area (Å²) >= 11 is 0. The Morgan fingerprint density at radius 2 is 2.12 bits per heavy atom. The van der Waals surface area contributed by atoms with Gasteiger partial charge in [-0.1, -0.05) is 32.6 Å². The van der Waals surface area contributed by atoms with Crippen LogP contribution in [0.15, 0.2) is 0 Å². The molecular weight excluding hydrogens is 196 g/mol. The van der Waals surface area contributed by atoms with Gasteiger partial charge in [-0.25, -0.2) is 0 Å². The molecule has 1 rings (SSSR count). The highest BCUT2D eigenvalue weighted by Crippen LogP contribution is 2.26. The van der Waals surface area contributed by atoms with Crippen molar-refractivity contribution in [2.45, 2.75) is 64.8 Å². The van der Waals surface area contributed by atoms with Crippen molar-refractivity contribution >= 4 is 0 Å². The first kappa shape index (κ1) is 13.5. The van der Waals surface area contributed by atoms with E-state index >= 15 is 0 Å². The average Bonchev–Trinajstić information content (AvgIpc) is 2.52. The number of hydrogen-bond donors (Lipinski definition) is 1. The van der Waals surface area contributed by atoms with Gasteiger partial charge in [0.2, 0.25) is 0 Å². The van der Waals surface area contributed by atoms with Crippen LogP contribution in [-0.2, 0) is 0 Å². The predicted molar refractivity (Wildman–Crippen MR) is 68.1 cm³/mol. The van der Waals surface area contributed by atoms with Crippen LogP contribution < -0.4 is 5.32 Å². The van der Waals surface area contributed by atoms with Gasteiger partial charge in [0, 0.05) is 12.6 Å². The lowest BCUT2D eigenvalue weighted by Gasteiger charge is -2.17. The maximum atomic E-state index is 8.74. The van der Waals surface area contributed by atoms with Crippen LogP contribution in [0, 0.1) is 23.2 Å². The van der Waals surface area contributed by atoms with Crippen LogP contribution in [0.5, 0.6) is 0 Å². The molecule has 0 aliphatic heterocycles. The zero-order valence-electron chi connectivity index (χ0n) is 10.8. The van der Waals surface area contributed by atoms with E-state index in [-0.39, 0.29) is 5.92 Å². The number of nitrogens with zero attached hydrogens (tertiary/aromatic N) is 1. The van der Waals surface area contributed by atoms with Crippen LogP contribution >= 0.6 is 0 Å². The molecule has 2 heteroatoms.